The molecule has 1 aliphatic heterocycles. The van der Waals surface area contributed by atoms with Gasteiger partial charge >= 0.3 is 0 Å². The van der Waals surface area contributed by atoms with Gasteiger partial charge in [-0.2, -0.15) is 0 Å². The first kappa shape index (κ1) is 15.4. The Balaban J connectivity index is 2.03. The molecule has 1 heterocycles. The molecule has 0 spiro atoms. The fourth-order valence-electron chi connectivity index (χ4n) is 1.99. The van der Waals surface area contributed by atoms with Gasteiger partial charge in [-0.05, 0) is 24.7 Å². The second-order valence-corrected chi connectivity index (χ2v) is 7.29. The molecular formula is C11H13N3O5S2. The molecule has 1 aromatic rings. The number of non-ortho nitro benzene ring substituents is 1. The number of aromatic hydroxyl groups is 1. The van der Waals surface area contributed by atoms with E-state index in [9.17, 15) is 23.6 Å². The third-order valence-electron chi connectivity index (χ3n) is 3.01. The quantitative estimate of drug-likeness (QED) is 0.321. The van der Waals surface area contributed by atoms with Gasteiger partial charge < -0.3 is 15.7 Å². The van der Waals surface area contributed by atoms with E-state index in [1.807, 2.05) is 0 Å². The average Bonchev–Trinajstić information content (AvgIpc) is 2.71. The van der Waals surface area contributed by atoms with E-state index in [1.165, 1.54) is 12.1 Å². The van der Waals surface area contributed by atoms with Gasteiger partial charge in [-0.15, -0.1) is 0 Å². The molecule has 1 aliphatic rings. The molecule has 10 heteroatoms. The molecule has 3 N–H and O–H groups in total. The highest BCUT2D eigenvalue weighted by molar-refractivity contribution is 7.91. The van der Waals surface area contributed by atoms with Gasteiger partial charge in [-0.25, -0.2) is 8.42 Å². The molecule has 21 heavy (non-hydrogen) atoms. The summed E-state index contributed by atoms with van der Waals surface area (Å²) >= 11 is 5.02. The summed E-state index contributed by atoms with van der Waals surface area (Å²) in [6.07, 6.45) is 0.449. The number of sulfone groups is 1. The van der Waals surface area contributed by atoms with Crippen molar-refractivity contribution in [2.75, 3.05) is 16.8 Å². The van der Waals surface area contributed by atoms with Crippen LogP contribution in [0.5, 0.6) is 5.75 Å². The minimum atomic E-state index is -3.03. The summed E-state index contributed by atoms with van der Waals surface area (Å²) in [5, 5.41) is 25.9. The number of hydrogen-bond donors (Lipinski definition) is 3. The molecule has 0 amide bonds. The molecular weight excluding hydrogens is 318 g/mol. The molecule has 1 aromatic carbocycles. The normalized spacial score (nSPS) is 19.9. The van der Waals surface area contributed by atoms with E-state index >= 15 is 0 Å². The number of benzene rings is 1. The monoisotopic (exact) mass is 331 g/mol. The van der Waals surface area contributed by atoms with Crippen molar-refractivity contribution < 1.29 is 18.4 Å². The summed E-state index contributed by atoms with van der Waals surface area (Å²) in [5.74, 6) is -0.0887. The van der Waals surface area contributed by atoms with E-state index < -0.39 is 14.8 Å². The first-order chi connectivity index (χ1) is 9.77. The number of rotatable bonds is 3. The van der Waals surface area contributed by atoms with Crippen LogP contribution >= 0.6 is 12.2 Å². The van der Waals surface area contributed by atoms with Crippen molar-refractivity contribution in [3.63, 3.8) is 0 Å². The van der Waals surface area contributed by atoms with Gasteiger partial charge in [0.05, 0.1) is 22.1 Å². The fraction of sp³-hybridized carbons (Fsp3) is 0.364. The first-order valence-electron chi connectivity index (χ1n) is 6.02. The Bertz CT molecular complexity index is 689. The van der Waals surface area contributed by atoms with Crippen molar-refractivity contribution >= 4 is 38.5 Å². The minimum Gasteiger partial charge on any atom is -0.506 e. The maximum absolute atomic E-state index is 11.3. The summed E-state index contributed by atoms with van der Waals surface area (Å²) in [6.45, 7) is 0. The number of thiocarbonyl (C=S) groups is 1. The largest absolute Gasteiger partial charge is 0.506 e. The van der Waals surface area contributed by atoms with Gasteiger partial charge in [-0.1, -0.05) is 0 Å². The Hall–Kier alpha value is -1.94. The van der Waals surface area contributed by atoms with Gasteiger partial charge in [0, 0.05) is 18.2 Å². The Kier molecular flexibility index (Phi) is 4.28. The topological polar surface area (TPSA) is 122 Å². The van der Waals surface area contributed by atoms with Crippen molar-refractivity contribution in [2.24, 2.45) is 0 Å². The zero-order valence-electron chi connectivity index (χ0n) is 10.8. The second-order valence-electron chi connectivity index (χ2n) is 4.66. The number of anilines is 1. The van der Waals surface area contributed by atoms with Crippen LogP contribution in [-0.2, 0) is 9.84 Å². The number of nitro benzene ring substituents is 1. The van der Waals surface area contributed by atoms with Crippen LogP contribution in [0.1, 0.15) is 6.42 Å². The van der Waals surface area contributed by atoms with Crippen LogP contribution in [0.4, 0.5) is 11.4 Å². The van der Waals surface area contributed by atoms with Crippen molar-refractivity contribution in [3.8, 4) is 5.75 Å². The lowest BCUT2D eigenvalue weighted by molar-refractivity contribution is -0.384. The molecule has 8 nitrogen and oxygen atoms in total. The molecule has 0 aromatic heterocycles. The van der Waals surface area contributed by atoms with Crippen LogP contribution in [0, 0.1) is 10.1 Å². The highest BCUT2D eigenvalue weighted by Gasteiger charge is 2.28. The molecule has 114 valence electrons. The Morgan fingerprint density at radius 3 is 2.76 bits per heavy atom. The van der Waals surface area contributed by atoms with Crippen LogP contribution in [-0.4, -0.2) is 41.1 Å². The first-order valence-corrected chi connectivity index (χ1v) is 8.25. The number of hydrogen-bond acceptors (Lipinski definition) is 6. The maximum Gasteiger partial charge on any atom is 0.271 e. The third-order valence-corrected chi connectivity index (χ3v) is 4.99. The van der Waals surface area contributed by atoms with E-state index in [2.05, 4.69) is 10.6 Å². The predicted molar refractivity (Wildman–Crippen MR) is 81.2 cm³/mol. The Morgan fingerprint density at radius 1 is 1.48 bits per heavy atom. The standard InChI is InChI=1S/C11H13N3O5S2/c15-10-2-1-8(14(16)17)5-9(10)13-11(20)12-7-3-4-21(18,19)6-7/h1-2,5,7,15H,3-4,6H2,(H2,12,13,20). The molecule has 0 bridgehead atoms. The van der Waals surface area contributed by atoms with E-state index in [4.69, 9.17) is 12.2 Å². The molecule has 1 unspecified atom stereocenters. The lowest BCUT2D eigenvalue weighted by Crippen LogP contribution is -2.38. The molecule has 1 saturated heterocycles. The Morgan fingerprint density at radius 2 is 2.19 bits per heavy atom. The average molecular weight is 331 g/mol. The van der Waals surface area contributed by atoms with E-state index in [-0.39, 0.29) is 39.8 Å². The number of nitrogens with zero attached hydrogens (tertiary/aromatic N) is 1. The highest BCUT2D eigenvalue weighted by Crippen LogP contribution is 2.27. The summed E-state index contributed by atoms with van der Waals surface area (Å²) < 4.78 is 22.7. The molecule has 0 saturated carbocycles. The van der Waals surface area contributed by atoms with Gasteiger partial charge in [0.1, 0.15) is 5.75 Å². The van der Waals surface area contributed by atoms with Crippen molar-refractivity contribution in [3.05, 3.63) is 28.3 Å². The summed E-state index contributed by atoms with van der Waals surface area (Å²) in [4.78, 5) is 10.1. The molecule has 1 fully saturated rings. The van der Waals surface area contributed by atoms with E-state index in [0.717, 1.165) is 6.07 Å². The smallest absolute Gasteiger partial charge is 0.271 e. The second kappa shape index (κ2) is 5.82. The van der Waals surface area contributed by atoms with Gasteiger partial charge in [0.2, 0.25) is 0 Å². The summed E-state index contributed by atoms with van der Waals surface area (Å²) in [7, 11) is -3.03. The third kappa shape index (κ3) is 4.02. The number of phenolic OH excluding ortho intramolecular Hbond substituents is 1. The lowest BCUT2D eigenvalue weighted by Gasteiger charge is -2.15. The number of nitro groups is 1. The van der Waals surface area contributed by atoms with E-state index in [0.29, 0.717) is 6.42 Å². The number of nitrogens with one attached hydrogen (secondary N) is 2. The highest BCUT2D eigenvalue weighted by atomic mass is 32.2. The van der Waals surface area contributed by atoms with Crippen LogP contribution in [0.15, 0.2) is 18.2 Å². The summed E-state index contributed by atoms with van der Waals surface area (Å²) in [6, 6.07) is 3.20. The molecule has 0 radical (unpaired) electrons. The van der Waals surface area contributed by atoms with Gasteiger partial charge in [-0.3, -0.25) is 10.1 Å². The van der Waals surface area contributed by atoms with Crippen LogP contribution < -0.4 is 10.6 Å². The molecule has 1 atom stereocenters. The Labute approximate surface area is 126 Å². The lowest BCUT2D eigenvalue weighted by atomic mass is 10.2. The molecule has 2 rings (SSSR count). The van der Waals surface area contributed by atoms with Crippen molar-refractivity contribution in [1.82, 2.24) is 5.32 Å². The number of phenols is 1. The van der Waals surface area contributed by atoms with Crippen molar-refractivity contribution in [2.45, 2.75) is 12.5 Å². The summed E-state index contributed by atoms with van der Waals surface area (Å²) in [5.41, 5.74) is -0.107. The van der Waals surface area contributed by atoms with Gasteiger partial charge in [0.15, 0.2) is 14.9 Å². The van der Waals surface area contributed by atoms with E-state index in [1.54, 1.807) is 0 Å². The fourth-order valence-corrected chi connectivity index (χ4v) is 3.94. The minimum absolute atomic E-state index is 0.00423. The zero-order chi connectivity index (χ0) is 15.6. The van der Waals surface area contributed by atoms with Crippen LogP contribution in [0.2, 0.25) is 0 Å². The van der Waals surface area contributed by atoms with Crippen LogP contribution in [0.25, 0.3) is 0 Å². The predicted octanol–water partition coefficient (Wildman–Crippen LogP) is 0.774. The zero-order valence-corrected chi connectivity index (χ0v) is 12.4. The van der Waals surface area contributed by atoms with Crippen molar-refractivity contribution in [1.29, 1.82) is 0 Å². The molecule has 0 aliphatic carbocycles. The maximum atomic E-state index is 11.3. The van der Waals surface area contributed by atoms with Crippen LogP contribution in [0.3, 0.4) is 0 Å². The van der Waals surface area contributed by atoms with Gasteiger partial charge in [0.25, 0.3) is 5.69 Å². The SMILES string of the molecule is O=[N+]([O-])c1ccc(O)c(NC(=S)NC2CCS(=O)(=O)C2)c1.